The quantitative estimate of drug-likeness (QED) is 0.631. The van der Waals surface area contributed by atoms with Gasteiger partial charge in [0.05, 0.1) is 11.1 Å². The number of pyridine rings is 1. The fourth-order valence-electron chi connectivity index (χ4n) is 2.00. The van der Waals surface area contributed by atoms with E-state index in [0.29, 0.717) is 23.8 Å². The van der Waals surface area contributed by atoms with E-state index in [-0.39, 0.29) is 5.91 Å². The maximum absolute atomic E-state index is 12.5. The molecule has 0 bridgehead atoms. The molecule has 0 spiro atoms. The zero-order valence-corrected chi connectivity index (χ0v) is 11.5. The lowest BCUT2D eigenvalue weighted by molar-refractivity contribution is 0.0784. The van der Waals surface area contributed by atoms with Crippen molar-refractivity contribution in [2.75, 3.05) is 13.1 Å². The smallest absolute Gasteiger partial charge is 0.254 e. The van der Waals surface area contributed by atoms with Gasteiger partial charge in [-0.05, 0) is 19.1 Å². The Morgan fingerprint density at radius 3 is 2.89 bits per heavy atom. The molecule has 1 heterocycles. The molecule has 1 amide bonds. The number of nitrogens with zero attached hydrogens (tertiary/aromatic N) is 2. The van der Waals surface area contributed by atoms with Crippen LogP contribution in [0, 0.1) is 0 Å². The lowest BCUT2D eigenvalue weighted by Gasteiger charge is -2.19. The summed E-state index contributed by atoms with van der Waals surface area (Å²) in [7, 11) is 0. The van der Waals surface area contributed by atoms with Gasteiger partial charge in [0, 0.05) is 18.5 Å². The van der Waals surface area contributed by atoms with Crippen molar-refractivity contribution >= 4 is 28.4 Å². The van der Waals surface area contributed by atoms with E-state index in [0.717, 1.165) is 10.9 Å². The van der Waals surface area contributed by atoms with Crippen molar-refractivity contribution in [1.82, 2.24) is 9.88 Å². The average Bonchev–Trinajstić information content (AvgIpc) is 2.43. The highest BCUT2D eigenvalue weighted by atomic mass is 35.5. The molecule has 0 saturated carbocycles. The predicted octanol–water partition coefficient (Wildman–Crippen LogP) is 3.54. The van der Waals surface area contributed by atoms with Gasteiger partial charge in [-0.25, -0.2) is 4.98 Å². The minimum atomic E-state index is -0.0529. The molecule has 0 fully saturated rings. The summed E-state index contributed by atoms with van der Waals surface area (Å²) in [5, 5.41) is 1.15. The normalized spacial score (nSPS) is 10.4. The van der Waals surface area contributed by atoms with Crippen LogP contribution in [0.5, 0.6) is 0 Å². The highest BCUT2D eigenvalue weighted by Crippen LogP contribution is 2.22. The SMILES string of the molecule is C=CCN(CC)C(=O)c1cc(Cl)nc2ccccc12. The Labute approximate surface area is 117 Å². The largest absolute Gasteiger partial charge is 0.335 e. The summed E-state index contributed by atoms with van der Waals surface area (Å²) < 4.78 is 0. The van der Waals surface area contributed by atoms with E-state index in [2.05, 4.69) is 11.6 Å². The number of benzene rings is 1. The number of hydrogen-bond acceptors (Lipinski definition) is 2. The van der Waals surface area contributed by atoms with Crippen LogP contribution in [0.15, 0.2) is 43.0 Å². The Morgan fingerprint density at radius 2 is 2.21 bits per heavy atom. The number of amides is 1. The first-order chi connectivity index (χ1) is 9.17. The van der Waals surface area contributed by atoms with Gasteiger partial charge in [0.25, 0.3) is 5.91 Å². The van der Waals surface area contributed by atoms with Gasteiger partial charge in [0.15, 0.2) is 0 Å². The van der Waals surface area contributed by atoms with Crippen LogP contribution in [-0.4, -0.2) is 28.9 Å². The molecule has 0 aliphatic carbocycles. The molecular formula is C15H15ClN2O. The molecule has 19 heavy (non-hydrogen) atoms. The molecule has 0 aliphatic rings. The number of para-hydroxylation sites is 1. The van der Waals surface area contributed by atoms with Crippen molar-refractivity contribution < 1.29 is 4.79 Å². The van der Waals surface area contributed by atoms with Crippen LogP contribution in [0.1, 0.15) is 17.3 Å². The second kappa shape index (κ2) is 5.85. The van der Waals surface area contributed by atoms with Crippen LogP contribution in [0.25, 0.3) is 10.9 Å². The third kappa shape index (κ3) is 2.76. The minimum Gasteiger partial charge on any atom is -0.335 e. The van der Waals surface area contributed by atoms with Crippen molar-refractivity contribution in [3.05, 3.63) is 53.7 Å². The topological polar surface area (TPSA) is 33.2 Å². The number of carbonyl (C=O) groups excluding carboxylic acids is 1. The van der Waals surface area contributed by atoms with Crippen molar-refractivity contribution in [3.63, 3.8) is 0 Å². The first kappa shape index (κ1) is 13.6. The minimum absolute atomic E-state index is 0.0529. The van der Waals surface area contributed by atoms with Gasteiger partial charge < -0.3 is 4.90 Å². The van der Waals surface area contributed by atoms with Gasteiger partial charge in [-0.15, -0.1) is 6.58 Å². The van der Waals surface area contributed by atoms with Gasteiger partial charge in [0.2, 0.25) is 0 Å². The van der Waals surface area contributed by atoms with E-state index in [4.69, 9.17) is 11.6 Å². The molecule has 0 unspecified atom stereocenters. The van der Waals surface area contributed by atoms with Crippen LogP contribution < -0.4 is 0 Å². The molecule has 4 heteroatoms. The van der Waals surface area contributed by atoms with E-state index >= 15 is 0 Å². The Hall–Kier alpha value is -1.87. The number of hydrogen-bond donors (Lipinski definition) is 0. The molecule has 2 aromatic rings. The van der Waals surface area contributed by atoms with Crippen LogP contribution in [0.4, 0.5) is 0 Å². The highest BCUT2D eigenvalue weighted by molar-refractivity contribution is 6.30. The van der Waals surface area contributed by atoms with Gasteiger partial charge >= 0.3 is 0 Å². The van der Waals surface area contributed by atoms with Crippen molar-refractivity contribution in [1.29, 1.82) is 0 Å². The van der Waals surface area contributed by atoms with E-state index in [9.17, 15) is 4.79 Å². The Bertz CT molecular complexity index is 625. The van der Waals surface area contributed by atoms with Gasteiger partial charge in [-0.1, -0.05) is 35.9 Å². The third-order valence-electron chi connectivity index (χ3n) is 2.93. The molecule has 0 N–H and O–H groups in total. The number of likely N-dealkylation sites (N-methyl/N-ethyl adjacent to an activating group) is 1. The molecule has 1 aromatic heterocycles. The molecule has 98 valence electrons. The molecule has 0 radical (unpaired) electrons. The molecular weight excluding hydrogens is 260 g/mol. The van der Waals surface area contributed by atoms with Crippen LogP contribution in [0.3, 0.4) is 0 Å². The molecule has 0 aliphatic heterocycles. The van der Waals surface area contributed by atoms with Gasteiger partial charge in [-0.2, -0.15) is 0 Å². The summed E-state index contributed by atoms with van der Waals surface area (Å²) >= 11 is 5.99. The summed E-state index contributed by atoms with van der Waals surface area (Å²) in [6.45, 7) is 6.75. The molecule has 2 rings (SSSR count). The zero-order chi connectivity index (χ0) is 13.8. The second-order valence-electron chi connectivity index (χ2n) is 4.14. The zero-order valence-electron chi connectivity index (χ0n) is 10.8. The monoisotopic (exact) mass is 274 g/mol. The van der Waals surface area contributed by atoms with E-state index in [1.807, 2.05) is 31.2 Å². The lowest BCUT2D eigenvalue weighted by atomic mass is 10.1. The lowest BCUT2D eigenvalue weighted by Crippen LogP contribution is -2.31. The number of fused-ring (bicyclic) bond motifs is 1. The van der Waals surface area contributed by atoms with Gasteiger partial charge in [0.1, 0.15) is 5.15 Å². The van der Waals surface area contributed by atoms with Crippen molar-refractivity contribution in [3.8, 4) is 0 Å². The van der Waals surface area contributed by atoms with Crippen molar-refractivity contribution in [2.45, 2.75) is 6.92 Å². The third-order valence-corrected chi connectivity index (χ3v) is 3.13. The Kier molecular flexibility index (Phi) is 4.17. The second-order valence-corrected chi connectivity index (χ2v) is 4.53. The van der Waals surface area contributed by atoms with E-state index < -0.39 is 0 Å². The fourth-order valence-corrected chi connectivity index (χ4v) is 2.20. The molecule has 0 saturated heterocycles. The number of aromatic nitrogens is 1. The first-order valence-electron chi connectivity index (χ1n) is 6.12. The van der Waals surface area contributed by atoms with Crippen LogP contribution in [-0.2, 0) is 0 Å². The van der Waals surface area contributed by atoms with E-state index in [1.54, 1.807) is 17.0 Å². The summed E-state index contributed by atoms with van der Waals surface area (Å²) in [6, 6.07) is 9.12. The maximum Gasteiger partial charge on any atom is 0.254 e. The Morgan fingerprint density at radius 1 is 1.47 bits per heavy atom. The molecule has 3 nitrogen and oxygen atoms in total. The van der Waals surface area contributed by atoms with Gasteiger partial charge in [-0.3, -0.25) is 4.79 Å². The first-order valence-corrected chi connectivity index (χ1v) is 6.50. The molecule has 0 atom stereocenters. The molecule has 1 aromatic carbocycles. The summed E-state index contributed by atoms with van der Waals surface area (Å²) in [4.78, 5) is 18.5. The van der Waals surface area contributed by atoms with Crippen LogP contribution in [0.2, 0.25) is 5.15 Å². The predicted molar refractivity (Wildman–Crippen MR) is 78.5 cm³/mol. The number of carbonyl (C=O) groups is 1. The van der Waals surface area contributed by atoms with Crippen molar-refractivity contribution in [2.24, 2.45) is 0 Å². The number of halogens is 1. The maximum atomic E-state index is 12.5. The summed E-state index contributed by atoms with van der Waals surface area (Å²) in [6.07, 6.45) is 1.71. The average molecular weight is 275 g/mol. The fraction of sp³-hybridized carbons (Fsp3) is 0.200. The number of rotatable bonds is 4. The summed E-state index contributed by atoms with van der Waals surface area (Å²) in [5.41, 5.74) is 1.31. The summed E-state index contributed by atoms with van der Waals surface area (Å²) in [5.74, 6) is -0.0529. The highest BCUT2D eigenvalue weighted by Gasteiger charge is 2.17. The van der Waals surface area contributed by atoms with E-state index in [1.165, 1.54) is 0 Å². The standard InChI is InChI=1S/C15H15ClN2O/c1-3-9-18(4-2)15(19)12-10-14(16)17-13-8-6-5-7-11(12)13/h3,5-8,10H,1,4,9H2,2H3. The Balaban J connectivity index is 2.54. The van der Waals surface area contributed by atoms with Crippen LogP contribution >= 0.6 is 11.6 Å².